The van der Waals surface area contributed by atoms with Crippen LogP contribution in [-0.2, 0) is 0 Å². The molecule has 0 spiro atoms. The van der Waals surface area contributed by atoms with E-state index in [9.17, 15) is 0 Å². The van der Waals surface area contributed by atoms with E-state index in [4.69, 9.17) is 0 Å². The lowest BCUT2D eigenvalue weighted by Crippen LogP contribution is -2.40. The Labute approximate surface area is 126 Å². The summed E-state index contributed by atoms with van der Waals surface area (Å²) in [4.78, 5) is 3.64. The highest BCUT2D eigenvalue weighted by Crippen LogP contribution is 2.60. The topological polar surface area (TPSA) is 3.24 Å². The van der Waals surface area contributed by atoms with Gasteiger partial charge in [0.15, 0.2) is 0 Å². The van der Waals surface area contributed by atoms with E-state index in [0.717, 1.165) is 46.5 Å². The number of rotatable bonds is 0. The number of nitrogens with zero attached hydrogens (tertiary/aromatic N) is 1. The minimum absolute atomic E-state index is 0.804. The van der Waals surface area contributed by atoms with Gasteiger partial charge in [0.05, 0.1) is 0 Å². The van der Waals surface area contributed by atoms with Gasteiger partial charge in [0.1, 0.15) is 0 Å². The second-order valence-electron chi connectivity index (χ2n) is 7.85. The second-order valence-corrected chi connectivity index (χ2v) is 9.14. The van der Waals surface area contributed by atoms with Crippen LogP contribution in [0.25, 0.3) is 0 Å². The number of halogens is 1. The molecule has 1 saturated heterocycles. The summed E-state index contributed by atoms with van der Waals surface area (Å²) in [6.45, 7) is 2.58. The van der Waals surface area contributed by atoms with Gasteiger partial charge in [-0.05, 0) is 68.7 Å². The number of likely N-dealkylation sites (tertiary alicyclic amines) is 1. The van der Waals surface area contributed by atoms with Crippen molar-refractivity contribution in [2.45, 2.75) is 68.8 Å². The lowest BCUT2D eigenvalue weighted by molar-refractivity contribution is 0.117. The molecule has 0 bridgehead atoms. The van der Waals surface area contributed by atoms with E-state index in [1.807, 2.05) is 0 Å². The van der Waals surface area contributed by atoms with E-state index in [1.54, 1.807) is 6.42 Å². The largest absolute Gasteiger partial charge is 0.300 e. The average Bonchev–Trinajstić information content (AvgIpc) is 2.86. The monoisotopic (exact) mass is 325 g/mol. The van der Waals surface area contributed by atoms with E-state index in [2.05, 4.69) is 34.8 Å². The van der Waals surface area contributed by atoms with Crippen LogP contribution >= 0.6 is 15.9 Å². The highest BCUT2D eigenvalue weighted by atomic mass is 79.9. The molecule has 0 aromatic heterocycles. The van der Waals surface area contributed by atoms with Gasteiger partial charge < -0.3 is 0 Å². The van der Waals surface area contributed by atoms with Crippen molar-refractivity contribution in [3.05, 3.63) is 0 Å². The van der Waals surface area contributed by atoms with Crippen LogP contribution in [0.3, 0.4) is 0 Å². The zero-order valence-electron chi connectivity index (χ0n) is 12.4. The van der Waals surface area contributed by atoms with Crippen LogP contribution in [0.4, 0.5) is 0 Å². The fourth-order valence-electron chi connectivity index (χ4n) is 6.67. The Morgan fingerprint density at radius 1 is 0.947 bits per heavy atom. The van der Waals surface area contributed by atoms with Gasteiger partial charge in [0.2, 0.25) is 0 Å². The van der Waals surface area contributed by atoms with Crippen molar-refractivity contribution in [3.63, 3.8) is 0 Å². The summed E-state index contributed by atoms with van der Waals surface area (Å²) in [6, 6.07) is 1.83. The lowest BCUT2D eigenvalue weighted by atomic mass is 9.69. The van der Waals surface area contributed by atoms with Crippen LogP contribution in [-0.4, -0.2) is 28.9 Å². The summed E-state index contributed by atoms with van der Waals surface area (Å²) >= 11 is 3.93. The van der Waals surface area contributed by atoms with Crippen LogP contribution in [0, 0.1) is 29.6 Å². The molecule has 3 saturated carbocycles. The number of hydrogen-bond acceptors (Lipinski definition) is 1. The summed E-state index contributed by atoms with van der Waals surface area (Å²) < 4.78 is 0. The van der Waals surface area contributed by atoms with Crippen LogP contribution in [0.5, 0.6) is 0 Å². The fourth-order valence-corrected chi connectivity index (χ4v) is 7.36. The summed E-state index contributed by atoms with van der Waals surface area (Å²) in [5.74, 6) is 5.13. The van der Waals surface area contributed by atoms with E-state index < -0.39 is 0 Å². The smallest absolute Gasteiger partial charge is 0.0158 e. The van der Waals surface area contributed by atoms with Crippen molar-refractivity contribution in [1.29, 1.82) is 0 Å². The predicted octanol–water partition coefficient (Wildman–Crippen LogP) is 4.30. The third-order valence-electron chi connectivity index (χ3n) is 7.26. The minimum Gasteiger partial charge on any atom is -0.300 e. The first-order valence-electron chi connectivity index (χ1n) is 8.54. The van der Waals surface area contributed by atoms with Crippen molar-refractivity contribution in [2.24, 2.45) is 29.6 Å². The molecule has 8 atom stereocenters. The summed E-state index contributed by atoms with van der Waals surface area (Å²) in [5.41, 5.74) is 0. The molecular formula is C17H28BrN. The van der Waals surface area contributed by atoms with Gasteiger partial charge in [0, 0.05) is 16.9 Å². The van der Waals surface area contributed by atoms with E-state index in [1.165, 1.54) is 38.5 Å². The zero-order chi connectivity index (χ0) is 13.1. The maximum absolute atomic E-state index is 3.93. The molecule has 2 heteroatoms. The van der Waals surface area contributed by atoms with Crippen molar-refractivity contribution < 1.29 is 0 Å². The van der Waals surface area contributed by atoms with Crippen LogP contribution in [0.2, 0.25) is 0 Å². The molecule has 0 N–H and O–H groups in total. The molecule has 3 aliphatic carbocycles. The number of hydrogen-bond donors (Lipinski definition) is 0. The Hall–Kier alpha value is 0.440. The Morgan fingerprint density at radius 2 is 1.68 bits per heavy atom. The number of alkyl halides is 1. The van der Waals surface area contributed by atoms with Crippen molar-refractivity contribution in [3.8, 4) is 0 Å². The molecule has 1 aliphatic heterocycles. The third-order valence-corrected chi connectivity index (χ3v) is 8.09. The summed E-state index contributed by atoms with van der Waals surface area (Å²) in [6.07, 6.45) is 10.4. The molecule has 0 amide bonds. The minimum atomic E-state index is 0.804. The summed E-state index contributed by atoms with van der Waals surface area (Å²) in [7, 11) is 2.45. The summed E-state index contributed by atoms with van der Waals surface area (Å²) in [5, 5.41) is 0. The molecule has 8 unspecified atom stereocenters. The van der Waals surface area contributed by atoms with Gasteiger partial charge in [-0.25, -0.2) is 0 Å². The third kappa shape index (κ3) is 1.81. The quantitative estimate of drug-likeness (QED) is 0.600. The molecule has 1 nitrogen and oxygen atoms in total. The van der Waals surface area contributed by atoms with Gasteiger partial charge in [-0.3, -0.25) is 4.90 Å². The average molecular weight is 326 g/mol. The highest BCUT2D eigenvalue weighted by Gasteiger charge is 2.60. The maximum atomic E-state index is 3.93. The van der Waals surface area contributed by atoms with Crippen molar-refractivity contribution in [2.75, 3.05) is 7.05 Å². The first-order chi connectivity index (χ1) is 9.18. The molecule has 4 aliphatic rings. The highest BCUT2D eigenvalue weighted by molar-refractivity contribution is 9.09. The molecule has 0 aromatic carbocycles. The van der Waals surface area contributed by atoms with E-state index in [-0.39, 0.29) is 0 Å². The Morgan fingerprint density at radius 3 is 2.47 bits per heavy atom. The predicted molar refractivity (Wildman–Crippen MR) is 83.5 cm³/mol. The SMILES string of the molecule is CC1C2CCCCC2C2C3CC(Br)CCC3N(C)C12. The first-order valence-corrected chi connectivity index (χ1v) is 9.46. The Kier molecular flexibility index (Phi) is 3.27. The van der Waals surface area contributed by atoms with E-state index >= 15 is 0 Å². The first kappa shape index (κ1) is 13.1. The van der Waals surface area contributed by atoms with Crippen LogP contribution < -0.4 is 0 Å². The molecule has 0 aromatic rings. The van der Waals surface area contributed by atoms with Crippen LogP contribution in [0.1, 0.15) is 51.9 Å². The normalized spacial score (nSPS) is 57.6. The molecule has 19 heavy (non-hydrogen) atoms. The fraction of sp³-hybridized carbons (Fsp3) is 1.00. The molecule has 4 fully saturated rings. The van der Waals surface area contributed by atoms with Crippen molar-refractivity contribution in [1.82, 2.24) is 4.90 Å². The van der Waals surface area contributed by atoms with Gasteiger partial charge in [-0.2, -0.15) is 0 Å². The second kappa shape index (κ2) is 4.73. The van der Waals surface area contributed by atoms with Crippen molar-refractivity contribution >= 4 is 15.9 Å². The van der Waals surface area contributed by atoms with Gasteiger partial charge in [0.25, 0.3) is 0 Å². The molecule has 108 valence electrons. The molecule has 0 radical (unpaired) electrons. The molecule has 4 rings (SSSR count). The van der Waals surface area contributed by atoms with Crippen LogP contribution in [0.15, 0.2) is 0 Å². The van der Waals surface area contributed by atoms with Gasteiger partial charge in [-0.1, -0.05) is 35.7 Å². The Bertz CT molecular complexity index is 357. The maximum Gasteiger partial charge on any atom is 0.0158 e. The van der Waals surface area contributed by atoms with E-state index in [0.29, 0.717) is 0 Å². The molecular weight excluding hydrogens is 298 g/mol. The number of fused-ring (bicyclic) bond motifs is 5. The van der Waals surface area contributed by atoms with Gasteiger partial charge >= 0.3 is 0 Å². The lowest BCUT2D eigenvalue weighted by Gasteiger charge is -2.39. The molecule has 1 heterocycles. The Balaban J connectivity index is 1.66. The van der Waals surface area contributed by atoms with Gasteiger partial charge in [-0.15, -0.1) is 0 Å². The standard InChI is InChI=1S/C17H28BrN/c1-10-12-5-3-4-6-13(12)16-14-9-11(18)7-8-15(14)19(2)17(10)16/h10-17H,3-9H2,1-2H3. The zero-order valence-corrected chi connectivity index (χ0v) is 14.0.